The number of rotatable bonds is 5. The van der Waals surface area contributed by atoms with E-state index in [1.807, 2.05) is 12.5 Å². The van der Waals surface area contributed by atoms with Crippen LogP contribution in [-0.4, -0.2) is 20.6 Å². The van der Waals surface area contributed by atoms with Crippen LogP contribution in [0.5, 0.6) is 0 Å². The van der Waals surface area contributed by atoms with Gasteiger partial charge in [-0.3, -0.25) is 0 Å². The van der Waals surface area contributed by atoms with Crippen LogP contribution in [-0.2, 0) is 0 Å². The third-order valence-electron chi connectivity index (χ3n) is 3.91. The van der Waals surface area contributed by atoms with Gasteiger partial charge in [-0.05, 0) is 30.9 Å². The lowest BCUT2D eigenvalue weighted by molar-refractivity contribution is 0.437. The van der Waals surface area contributed by atoms with Gasteiger partial charge in [-0.15, -0.1) is 0 Å². The van der Waals surface area contributed by atoms with Crippen LogP contribution < -0.4 is 5.73 Å². The van der Waals surface area contributed by atoms with Crippen molar-refractivity contribution in [2.75, 3.05) is 5.75 Å². The largest absolute Gasteiger partial charge is 0.330 e. The molecule has 102 valence electrons. The lowest BCUT2D eigenvalue weighted by Crippen LogP contribution is -2.22. The second-order valence-electron chi connectivity index (χ2n) is 5.54. The molecule has 1 saturated carbocycles. The van der Waals surface area contributed by atoms with Gasteiger partial charge in [0.05, 0.1) is 12.0 Å². The van der Waals surface area contributed by atoms with Crippen LogP contribution in [0.2, 0.25) is 0 Å². The normalized spacial score (nSPS) is 25.8. The molecule has 0 amide bonds. The van der Waals surface area contributed by atoms with Crippen LogP contribution in [0, 0.1) is 5.92 Å². The average molecular weight is 267 g/mol. The van der Waals surface area contributed by atoms with Crippen molar-refractivity contribution in [2.45, 2.75) is 57.4 Å². The molecule has 0 aliphatic heterocycles. The van der Waals surface area contributed by atoms with E-state index in [9.17, 15) is 0 Å². The summed E-state index contributed by atoms with van der Waals surface area (Å²) in [5, 5.41) is 0.825. The summed E-state index contributed by atoms with van der Waals surface area (Å²) in [7, 11) is 0. The number of imidazole rings is 1. The Hall–Kier alpha value is -0.480. The SMILES string of the molecule is CCSC1CCC(n2cncc2C(N)C(C)C)C1. The summed E-state index contributed by atoms with van der Waals surface area (Å²) in [6.45, 7) is 6.59. The highest BCUT2D eigenvalue weighted by Crippen LogP contribution is 2.38. The number of nitrogens with two attached hydrogens (primary N) is 1. The van der Waals surface area contributed by atoms with Crippen molar-refractivity contribution in [3.05, 3.63) is 18.2 Å². The molecule has 1 heterocycles. The Kier molecular flexibility index (Phi) is 4.73. The molecule has 3 nitrogen and oxygen atoms in total. The second-order valence-corrected chi connectivity index (χ2v) is 7.12. The highest BCUT2D eigenvalue weighted by molar-refractivity contribution is 7.99. The maximum atomic E-state index is 6.28. The maximum absolute atomic E-state index is 6.28. The van der Waals surface area contributed by atoms with Crippen LogP contribution in [0.25, 0.3) is 0 Å². The lowest BCUT2D eigenvalue weighted by Gasteiger charge is -2.22. The van der Waals surface area contributed by atoms with Gasteiger partial charge in [0.25, 0.3) is 0 Å². The minimum Gasteiger partial charge on any atom is -0.330 e. The monoisotopic (exact) mass is 267 g/mol. The van der Waals surface area contributed by atoms with E-state index in [0.29, 0.717) is 12.0 Å². The van der Waals surface area contributed by atoms with Gasteiger partial charge in [-0.25, -0.2) is 4.98 Å². The molecule has 2 N–H and O–H groups in total. The van der Waals surface area contributed by atoms with Crippen LogP contribution in [0.1, 0.15) is 57.8 Å². The summed E-state index contributed by atoms with van der Waals surface area (Å²) in [5.41, 5.74) is 7.48. The molecular weight excluding hydrogens is 242 g/mol. The fourth-order valence-corrected chi connectivity index (χ4v) is 3.91. The molecule has 1 aliphatic rings. The van der Waals surface area contributed by atoms with Crippen molar-refractivity contribution in [2.24, 2.45) is 11.7 Å². The first-order chi connectivity index (χ1) is 8.63. The molecule has 0 bridgehead atoms. The molecule has 0 saturated heterocycles. The minimum absolute atomic E-state index is 0.102. The van der Waals surface area contributed by atoms with Gasteiger partial charge in [0, 0.05) is 23.5 Å². The number of hydrogen-bond donors (Lipinski definition) is 1. The molecule has 1 aliphatic carbocycles. The van der Waals surface area contributed by atoms with E-state index in [4.69, 9.17) is 5.73 Å². The van der Waals surface area contributed by atoms with Crippen LogP contribution >= 0.6 is 11.8 Å². The molecule has 1 aromatic heterocycles. The van der Waals surface area contributed by atoms with Gasteiger partial charge < -0.3 is 10.3 Å². The molecule has 18 heavy (non-hydrogen) atoms. The molecule has 3 unspecified atom stereocenters. The number of thioether (sulfide) groups is 1. The van der Waals surface area contributed by atoms with Gasteiger partial charge in [-0.2, -0.15) is 11.8 Å². The standard InChI is InChI=1S/C14H25N3S/c1-4-18-12-6-5-11(7-12)17-9-16-8-13(17)14(15)10(2)3/h8-12,14H,4-7,15H2,1-3H3. The molecule has 0 spiro atoms. The Bertz CT molecular complexity index is 375. The van der Waals surface area contributed by atoms with Crippen LogP contribution in [0.15, 0.2) is 12.5 Å². The van der Waals surface area contributed by atoms with Gasteiger partial charge >= 0.3 is 0 Å². The number of aromatic nitrogens is 2. The van der Waals surface area contributed by atoms with Crippen molar-refractivity contribution in [3.8, 4) is 0 Å². The van der Waals surface area contributed by atoms with Gasteiger partial charge in [-0.1, -0.05) is 20.8 Å². The van der Waals surface area contributed by atoms with Gasteiger partial charge in [0.15, 0.2) is 0 Å². The maximum Gasteiger partial charge on any atom is 0.0951 e. The zero-order valence-corrected chi connectivity index (χ0v) is 12.5. The van der Waals surface area contributed by atoms with E-state index in [2.05, 4.69) is 42.1 Å². The summed E-state index contributed by atoms with van der Waals surface area (Å²) in [6, 6.07) is 0.710. The fourth-order valence-electron chi connectivity index (χ4n) is 2.78. The lowest BCUT2D eigenvalue weighted by atomic mass is 10.0. The highest BCUT2D eigenvalue weighted by Gasteiger charge is 2.28. The molecule has 1 fully saturated rings. The van der Waals surface area contributed by atoms with E-state index < -0.39 is 0 Å². The molecule has 2 rings (SSSR count). The fraction of sp³-hybridized carbons (Fsp3) is 0.786. The molecule has 4 heteroatoms. The molecule has 3 atom stereocenters. The zero-order chi connectivity index (χ0) is 13.1. The first kappa shape index (κ1) is 13.9. The van der Waals surface area contributed by atoms with E-state index in [1.54, 1.807) is 0 Å². The Morgan fingerprint density at radius 3 is 2.94 bits per heavy atom. The van der Waals surface area contributed by atoms with Crippen molar-refractivity contribution in [1.29, 1.82) is 0 Å². The van der Waals surface area contributed by atoms with E-state index in [-0.39, 0.29) is 6.04 Å². The van der Waals surface area contributed by atoms with E-state index in [0.717, 1.165) is 5.25 Å². The predicted molar refractivity (Wildman–Crippen MR) is 78.8 cm³/mol. The summed E-state index contributed by atoms with van der Waals surface area (Å²) in [6.07, 6.45) is 7.79. The smallest absolute Gasteiger partial charge is 0.0951 e. The summed E-state index contributed by atoms with van der Waals surface area (Å²) >= 11 is 2.10. The van der Waals surface area contributed by atoms with Gasteiger partial charge in [0.1, 0.15) is 0 Å². The van der Waals surface area contributed by atoms with Crippen molar-refractivity contribution < 1.29 is 0 Å². The molecule has 0 radical (unpaired) electrons. The second kappa shape index (κ2) is 6.11. The Balaban J connectivity index is 2.08. The van der Waals surface area contributed by atoms with E-state index in [1.165, 1.54) is 30.7 Å². The first-order valence-corrected chi connectivity index (χ1v) is 8.07. The topological polar surface area (TPSA) is 43.8 Å². The summed E-state index contributed by atoms with van der Waals surface area (Å²) in [5.74, 6) is 1.68. The number of hydrogen-bond acceptors (Lipinski definition) is 3. The highest BCUT2D eigenvalue weighted by atomic mass is 32.2. The zero-order valence-electron chi connectivity index (χ0n) is 11.7. The van der Waals surface area contributed by atoms with Crippen LogP contribution in [0.4, 0.5) is 0 Å². The number of nitrogens with zero attached hydrogens (tertiary/aromatic N) is 2. The van der Waals surface area contributed by atoms with Crippen molar-refractivity contribution in [1.82, 2.24) is 9.55 Å². The predicted octanol–water partition coefficient (Wildman–Crippen LogP) is 3.39. The average Bonchev–Trinajstić information content (AvgIpc) is 2.95. The minimum atomic E-state index is 0.102. The Morgan fingerprint density at radius 2 is 2.28 bits per heavy atom. The first-order valence-electron chi connectivity index (χ1n) is 7.02. The van der Waals surface area contributed by atoms with Crippen molar-refractivity contribution >= 4 is 11.8 Å². The third-order valence-corrected chi connectivity index (χ3v) is 5.14. The van der Waals surface area contributed by atoms with Crippen LogP contribution in [0.3, 0.4) is 0 Å². The molecule has 1 aromatic rings. The molecule has 0 aromatic carbocycles. The Morgan fingerprint density at radius 1 is 1.50 bits per heavy atom. The quantitative estimate of drug-likeness (QED) is 0.889. The van der Waals surface area contributed by atoms with Crippen molar-refractivity contribution in [3.63, 3.8) is 0 Å². The third kappa shape index (κ3) is 2.91. The van der Waals surface area contributed by atoms with E-state index >= 15 is 0 Å². The van der Waals surface area contributed by atoms with Gasteiger partial charge in [0.2, 0.25) is 0 Å². The summed E-state index contributed by atoms with van der Waals surface area (Å²) < 4.78 is 2.33. The summed E-state index contributed by atoms with van der Waals surface area (Å²) in [4.78, 5) is 4.32. The molecular formula is C14H25N3S. The Labute approximate surface area is 115 Å².